The van der Waals surface area contributed by atoms with Gasteiger partial charge in [0, 0.05) is 6.08 Å². The van der Waals surface area contributed by atoms with Gasteiger partial charge in [-0.15, -0.1) is 0 Å². The number of rotatable bonds is 7. The summed E-state index contributed by atoms with van der Waals surface area (Å²) in [6.45, 7) is 1.68. The maximum atomic E-state index is 12.0. The number of aryl methyl sites for hydroxylation is 1. The zero-order valence-electron chi connectivity index (χ0n) is 16.9. The molecule has 0 saturated heterocycles. The molecule has 2 aromatic carbocycles. The van der Waals surface area contributed by atoms with Gasteiger partial charge in [-0.3, -0.25) is 25.8 Å². The van der Waals surface area contributed by atoms with E-state index < -0.39 is 11.8 Å². The molecule has 0 unspecified atom stereocenters. The average Bonchev–Trinajstić information content (AvgIpc) is 2.75. The highest BCUT2D eigenvalue weighted by atomic mass is 32.1. The third-order valence-corrected chi connectivity index (χ3v) is 4.04. The molecule has 0 spiro atoms. The molecule has 0 bridgehead atoms. The molecule has 158 valence electrons. The van der Waals surface area contributed by atoms with Crippen molar-refractivity contribution in [3.63, 3.8) is 0 Å². The zero-order chi connectivity index (χ0) is 21.9. The molecule has 2 aromatic rings. The summed E-state index contributed by atoms with van der Waals surface area (Å²) in [5.41, 5.74) is 6.46. The average molecular weight is 429 g/mol. The van der Waals surface area contributed by atoms with E-state index >= 15 is 0 Å². The van der Waals surface area contributed by atoms with Crippen molar-refractivity contribution in [2.24, 2.45) is 0 Å². The third kappa shape index (κ3) is 7.10. The quantitative estimate of drug-likeness (QED) is 0.352. The van der Waals surface area contributed by atoms with Gasteiger partial charge in [-0.25, -0.2) is 0 Å². The van der Waals surface area contributed by atoms with Crippen molar-refractivity contribution in [2.45, 2.75) is 6.92 Å². The van der Waals surface area contributed by atoms with Crippen molar-refractivity contribution in [1.29, 1.82) is 0 Å². The van der Waals surface area contributed by atoms with Crippen LogP contribution in [0, 0.1) is 6.92 Å². The Labute approximate surface area is 180 Å². The van der Waals surface area contributed by atoms with Crippen molar-refractivity contribution < 1.29 is 23.8 Å². The highest BCUT2D eigenvalue weighted by Gasteiger charge is 2.07. The van der Waals surface area contributed by atoms with Gasteiger partial charge in [-0.2, -0.15) is 0 Å². The Kier molecular flexibility index (Phi) is 8.64. The molecular weight excluding hydrogens is 406 g/mol. The molecule has 0 aromatic heterocycles. The second-order valence-electron chi connectivity index (χ2n) is 5.99. The first-order valence-electron chi connectivity index (χ1n) is 8.91. The monoisotopic (exact) mass is 429 g/mol. The number of benzene rings is 2. The van der Waals surface area contributed by atoms with Crippen LogP contribution in [0.5, 0.6) is 17.2 Å². The van der Waals surface area contributed by atoms with E-state index in [1.54, 1.807) is 37.5 Å². The Morgan fingerprint density at radius 1 is 1.00 bits per heavy atom. The molecule has 0 radical (unpaired) electrons. The van der Waals surface area contributed by atoms with Crippen LogP contribution in [0.3, 0.4) is 0 Å². The normalized spacial score (nSPS) is 10.2. The number of ether oxygens (including phenoxy) is 3. The number of carbonyl (C=O) groups is 2. The number of nitrogens with one attached hydrogen (secondary N) is 3. The van der Waals surface area contributed by atoms with Crippen molar-refractivity contribution in [3.05, 3.63) is 59.7 Å². The first-order chi connectivity index (χ1) is 14.4. The molecular formula is C21H23N3O5S. The molecule has 0 fully saturated rings. The molecule has 9 heteroatoms. The summed E-state index contributed by atoms with van der Waals surface area (Å²) in [5.74, 6) is 0.840. The number of thiocarbonyl (C=S) groups is 1. The molecule has 0 aliphatic heterocycles. The topological polar surface area (TPSA) is 97.9 Å². The summed E-state index contributed by atoms with van der Waals surface area (Å²) in [6, 6.07) is 12.6. The molecule has 0 atom stereocenters. The van der Waals surface area contributed by atoms with Crippen LogP contribution in [0.2, 0.25) is 0 Å². The van der Waals surface area contributed by atoms with E-state index in [1.165, 1.54) is 13.2 Å². The smallest absolute Gasteiger partial charge is 0.276 e. The Hall–Kier alpha value is -3.59. The van der Waals surface area contributed by atoms with Crippen LogP contribution in [-0.4, -0.2) is 37.8 Å². The fraction of sp³-hybridized carbons (Fsp3) is 0.190. The summed E-state index contributed by atoms with van der Waals surface area (Å²) < 4.78 is 15.8. The predicted molar refractivity (Wildman–Crippen MR) is 117 cm³/mol. The van der Waals surface area contributed by atoms with E-state index in [4.69, 9.17) is 26.4 Å². The standard InChI is InChI=1S/C21H23N3O5S/c1-14-6-4-5-7-16(14)29-13-20(26)23-24-21(30)22-19(25)11-9-15-8-10-17(27-2)18(12-15)28-3/h4-12H,13H2,1-3H3,(H,23,26)(H2,22,24,25,30). The lowest BCUT2D eigenvalue weighted by atomic mass is 10.2. The maximum Gasteiger partial charge on any atom is 0.276 e. The number of carbonyl (C=O) groups excluding carboxylic acids is 2. The minimum Gasteiger partial charge on any atom is -0.493 e. The number of hydrazine groups is 1. The van der Waals surface area contributed by atoms with Crippen LogP contribution in [0.15, 0.2) is 48.5 Å². The number of hydrogen-bond donors (Lipinski definition) is 3. The third-order valence-electron chi connectivity index (χ3n) is 3.84. The Morgan fingerprint density at radius 2 is 1.73 bits per heavy atom. The van der Waals surface area contributed by atoms with Gasteiger partial charge in [0.05, 0.1) is 14.2 Å². The SMILES string of the molecule is COc1ccc(C=CC(=O)NC(=S)NNC(=O)COc2ccccc2C)cc1OC. The molecule has 30 heavy (non-hydrogen) atoms. The van der Waals surface area contributed by atoms with Crippen LogP contribution in [0.1, 0.15) is 11.1 Å². The molecule has 0 aliphatic carbocycles. The highest BCUT2D eigenvalue weighted by molar-refractivity contribution is 7.80. The van der Waals surface area contributed by atoms with Gasteiger partial charge in [0.25, 0.3) is 5.91 Å². The second-order valence-corrected chi connectivity index (χ2v) is 6.40. The fourth-order valence-corrected chi connectivity index (χ4v) is 2.49. The van der Waals surface area contributed by atoms with Crippen molar-refractivity contribution >= 4 is 35.2 Å². The van der Waals surface area contributed by atoms with Gasteiger partial charge >= 0.3 is 0 Å². The maximum absolute atomic E-state index is 12.0. The van der Waals surface area contributed by atoms with E-state index in [0.717, 1.165) is 11.1 Å². The molecule has 2 amide bonds. The lowest BCUT2D eigenvalue weighted by Gasteiger charge is -2.11. The van der Waals surface area contributed by atoms with Crippen LogP contribution in [-0.2, 0) is 9.59 Å². The van der Waals surface area contributed by atoms with Crippen LogP contribution in [0.25, 0.3) is 6.08 Å². The van der Waals surface area contributed by atoms with Crippen LogP contribution < -0.4 is 30.4 Å². The van der Waals surface area contributed by atoms with E-state index in [2.05, 4.69) is 16.2 Å². The summed E-state index contributed by atoms with van der Waals surface area (Å²) in [5, 5.41) is 2.37. The fourth-order valence-electron chi connectivity index (χ4n) is 2.34. The van der Waals surface area contributed by atoms with E-state index in [9.17, 15) is 9.59 Å². The second kappa shape index (κ2) is 11.4. The van der Waals surface area contributed by atoms with E-state index in [0.29, 0.717) is 17.2 Å². The number of methoxy groups -OCH3 is 2. The largest absolute Gasteiger partial charge is 0.493 e. The van der Waals surface area contributed by atoms with Gasteiger partial charge in [0.1, 0.15) is 5.75 Å². The number of amides is 2. The van der Waals surface area contributed by atoms with Crippen LogP contribution >= 0.6 is 12.2 Å². The van der Waals surface area contributed by atoms with Gasteiger partial charge < -0.3 is 14.2 Å². The van der Waals surface area contributed by atoms with E-state index in [1.807, 2.05) is 25.1 Å². The van der Waals surface area contributed by atoms with Gasteiger partial charge in [-0.1, -0.05) is 24.3 Å². The minimum atomic E-state index is -0.465. The first-order valence-corrected chi connectivity index (χ1v) is 9.32. The van der Waals surface area contributed by atoms with Gasteiger partial charge in [-0.05, 0) is 54.5 Å². The Morgan fingerprint density at radius 3 is 2.43 bits per heavy atom. The van der Waals surface area contributed by atoms with Crippen molar-refractivity contribution in [3.8, 4) is 17.2 Å². The number of hydrogen-bond acceptors (Lipinski definition) is 6. The van der Waals surface area contributed by atoms with Crippen molar-refractivity contribution in [1.82, 2.24) is 16.2 Å². The molecule has 0 heterocycles. The minimum absolute atomic E-state index is 0.0544. The molecule has 2 rings (SSSR count). The predicted octanol–water partition coefficient (Wildman–Crippen LogP) is 2.13. The van der Waals surface area contributed by atoms with E-state index in [-0.39, 0.29) is 11.7 Å². The summed E-state index contributed by atoms with van der Waals surface area (Å²) in [6.07, 6.45) is 2.90. The number of para-hydroxylation sites is 1. The lowest BCUT2D eigenvalue weighted by molar-refractivity contribution is -0.123. The van der Waals surface area contributed by atoms with Crippen molar-refractivity contribution in [2.75, 3.05) is 20.8 Å². The molecule has 0 aliphatic rings. The molecule has 3 N–H and O–H groups in total. The molecule has 8 nitrogen and oxygen atoms in total. The Balaban J connectivity index is 1.76. The Bertz CT molecular complexity index is 946. The lowest BCUT2D eigenvalue weighted by Crippen LogP contribution is -2.49. The summed E-state index contributed by atoms with van der Waals surface area (Å²) in [7, 11) is 3.07. The summed E-state index contributed by atoms with van der Waals surface area (Å²) >= 11 is 4.98. The zero-order valence-corrected chi connectivity index (χ0v) is 17.7. The van der Waals surface area contributed by atoms with Gasteiger partial charge in [0.15, 0.2) is 23.2 Å². The first kappa shape index (κ1) is 22.7. The van der Waals surface area contributed by atoms with Gasteiger partial charge in [0.2, 0.25) is 5.91 Å². The van der Waals surface area contributed by atoms with Crippen LogP contribution in [0.4, 0.5) is 0 Å². The summed E-state index contributed by atoms with van der Waals surface area (Å²) in [4.78, 5) is 23.8. The highest BCUT2D eigenvalue weighted by Crippen LogP contribution is 2.27. The molecule has 0 saturated carbocycles.